The molecule has 1 aromatic rings. The van der Waals surface area contributed by atoms with Crippen LogP contribution < -0.4 is 10.1 Å². The Hall–Kier alpha value is -1.59. The van der Waals surface area contributed by atoms with Crippen molar-refractivity contribution in [2.45, 2.75) is 18.9 Å². The van der Waals surface area contributed by atoms with Gasteiger partial charge in [0.25, 0.3) is 0 Å². The van der Waals surface area contributed by atoms with Gasteiger partial charge in [-0.1, -0.05) is 18.2 Å². The Balaban J connectivity index is 1.61. The zero-order valence-electron chi connectivity index (χ0n) is 11.6. The summed E-state index contributed by atoms with van der Waals surface area (Å²) >= 11 is 0. The molecule has 1 aliphatic heterocycles. The van der Waals surface area contributed by atoms with Crippen LogP contribution in [-0.2, 0) is 4.79 Å². The normalized spacial score (nSPS) is 18.9. The SMILES string of the molecule is O=C(CN1CCCC1CO)NCCOc1ccccc1. The number of para-hydroxylation sites is 1. The number of aliphatic hydroxyl groups is 1. The molecule has 1 aliphatic rings. The van der Waals surface area contributed by atoms with E-state index in [0.717, 1.165) is 25.1 Å². The van der Waals surface area contributed by atoms with E-state index in [-0.39, 0.29) is 18.6 Å². The fourth-order valence-electron chi connectivity index (χ4n) is 2.43. The highest BCUT2D eigenvalue weighted by Crippen LogP contribution is 2.15. The van der Waals surface area contributed by atoms with E-state index in [1.165, 1.54) is 0 Å². The highest BCUT2D eigenvalue weighted by molar-refractivity contribution is 5.78. The fourth-order valence-corrected chi connectivity index (χ4v) is 2.43. The lowest BCUT2D eigenvalue weighted by atomic mass is 10.2. The van der Waals surface area contributed by atoms with Crippen molar-refractivity contribution in [1.82, 2.24) is 10.2 Å². The molecule has 1 saturated heterocycles. The Kier molecular flexibility index (Phi) is 5.83. The van der Waals surface area contributed by atoms with E-state index in [2.05, 4.69) is 5.32 Å². The Morgan fingerprint density at radius 1 is 1.40 bits per heavy atom. The fraction of sp³-hybridized carbons (Fsp3) is 0.533. The summed E-state index contributed by atoms with van der Waals surface area (Å²) in [6.45, 7) is 2.32. The van der Waals surface area contributed by atoms with Crippen LogP contribution in [0.4, 0.5) is 0 Å². The van der Waals surface area contributed by atoms with Crippen molar-refractivity contribution >= 4 is 5.91 Å². The molecular weight excluding hydrogens is 256 g/mol. The summed E-state index contributed by atoms with van der Waals surface area (Å²) in [6.07, 6.45) is 2.02. The Labute approximate surface area is 119 Å². The van der Waals surface area contributed by atoms with E-state index in [1.807, 2.05) is 35.2 Å². The molecule has 1 fully saturated rings. The van der Waals surface area contributed by atoms with E-state index in [9.17, 15) is 9.90 Å². The van der Waals surface area contributed by atoms with Gasteiger partial charge in [0, 0.05) is 6.04 Å². The lowest BCUT2D eigenvalue weighted by molar-refractivity contribution is -0.122. The average Bonchev–Trinajstić information content (AvgIpc) is 2.92. The van der Waals surface area contributed by atoms with Crippen LogP contribution >= 0.6 is 0 Å². The number of rotatable bonds is 7. The van der Waals surface area contributed by atoms with Crippen molar-refractivity contribution in [3.63, 3.8) is 0 Å². The topological polar surface area (TPSA) is 61.8 Å². The van der Waals surface area contributed by atoms with Gasteiger partial charge in [0.15, 0.2) is 0 Å². The third-order valence-electron chi connectivity index (χ3n) is 3.49. The molecule has 0 aromatic heterocycles. The minimum absolute atomic E-state index is 0.0120. The van der Waals surface area contributed by atoms with E-state index in [1.54, 1.807) is 0 Å². The maximum atomic E-state index is 11.8. The number of benzene rings is 1. The number of carbonyl (C=O) groups excluding carboxylic acids is 1. The van der Waals surface area contributed by atoms with Crippen LogP contribution in [-0.4, -0.2) is 54.8 Å². The molecule has 2 N–H and O–H groups in total. The zero-order chi connectivity index (χ0) is 14.2. The molecule has 1 heterocycles. The molecule has 0 spiro atoms. The van der Waals surface area contributed by atoms with E-state index in [4.69, 9.17) is 4.74 Å². The standard InChI is InChI=1S/C15H22N2O3/c18-12-13-5-4-9-17(13)11-15(19)16-8-10-20-14-6-2-1-3-7-14/h1-3,6-7,13,18H,4-5,8-12H2,(H,16,19). The first-order valence-electron chi connectivity index (χ1n) is 7.09. The summed E-state index contributed by atoms with van der Waals surface area (Å²) in [6, 6.07) is 9.67. The third-order valence-corrected chi connectivity index (χ3v) is 3.49. The van der Waals surface area contributed by atoms with Gasteiger partial charge in [-0.25, -0.2) is 0 Å². The van der Waals surface area contributed by atoms with Gasteiger partial charge in [-0.2, -0.15) is 0 Å². The molecule has 1 unspecified atom stereocenters. The molecule has 0 radical (unpaired) electrons. The van der Waals surface area contributed by atoms with Crippen LogP contribution in [0, 0.1) is 0 Å². The molecule has 20 heavy (non-hydrogen) atoms. The summed E-state index contributed by atoms with van der Waals surface area (Å²) in [5.41, 5.74) is 0. The molecule has 0 saturated carbocycles. The van der Waals surface area contributed by atoms with Crippen LogP contribution in [0.1, 0.15) is 12.8 Å². The number of nitrogens with zero attached hydrogens (tertiary/aromatic N) is 1. The molecule has 0 bridgehead atoms. The predicted octanol–water partition coefficient (Wildman–Crippen LogP) is 0.638. The van der Waals surface area contributed by atoms with E-state index < -0.39 is 0 Å². The van der Waals surface area contributed by atoms with E-state index >= 15 is 0 Å². The highest BCUT2D eigenvalue weighted by Gasteiger charge is 2.25. The summed E-state index contributed by atoms with van der Waals surface area (Å²) in [5.74, 6) is 0.795. The average molecular weight is 278 g/mol. The van der Waals surface area contributed by atoms with Crippen molar-refractivity contribution in [3.05, 3.63) is 30.3 Å². The zero-order valence-corrected chi connectivity index (χ0v) is 11.6. The molecule has 1 amide bonds. The first-order chi connectivity index (χ1) is 9.79. The number of nitrogens with one attached hydrogen (secondary N) is 1. The minimum atomic E-state index is -0.0120. The largest absolute Gasteiger partial charge is 0.492 e. The molecule has 110 valence electrons. The van der Waals surface area contributed by atoms with Crippen molar-refractivity contribution < 1.29 is 14.6 Å². The quantitative estimate of drug-likeness (QED) is 0.719. The maximum absolute atomic E-state index is 11.8. The van der Waals surface area contributed by atoms with Gasteiger partial charge in [0.2, 0.25) is 5.91 Å². The summed E-state index contributed by atoms with van der Waals surface area (Å²) < 4.78 is 5.50. The molecule has 5 heteroatoms. The maximum Gasteiger partial charge on any atom is 0.234 e. The molecule has 5 nitrogen and oxygen atoms in total. The number of likely N-dealkylation sites (tertiary alicyclic amines) is 1. The Bertz CT molecular complexity index is 411. The molecular formula is C15H22N2O3. The number of aliphatic hydroxyl groups excluding tert-OH is 1. The van der Waals surface area contributed by atoms with Crippen molar-refractivity contribution in [1.29, 1.82) is 0 Å². The van der Waals surface area contributed by atoms with Gasteiger partial charge in [-0.05, 0) is 31.5 Å². The van der Waals surface area contributed by atoms with Crippen LogP contribution in [0.3, 0.4) is 0 Å². The van der Waals surface area contributed by atoms with Crippen LogP contribution in [0.5, 0.6) is 5.75 Å². The first-order valence-corrected chi connectivity index (χ1v) is 7.09. The van der Waals surface area contributed by atoms with E-state index in [0.29, 0.717) is 19.7 Å². The molecule has 2 rings (SSSR count). The number of amides is 1. The predicted molar refractivity (Wildman–Crippen MR) is 76.6 cm³/mol. The lowest BCUT2D eigenvalue weighted by Gasteiger charge is -2.21. The van der Waals surface area contributed by atoms with Gasteiger partial charge >= 0.3 is 0 Å². The second-order valence-electron chi connectivity index (χ2n) is 4.96. The third kappa shape index (κ3) is 4.51. The van der Waals surface area contributed by atoms with Crippen molar-refractivity contribution in [3.8, 4) is 5.75 Å². The molecule has 1 atom stereocenters. The van der Waals surface area contributed by atoms with Crippen LogP contribution in [0.15, 0.2) is 30.3 Å². The second-order valence-corrected chi connectivity index (χ2v) is 4.96. The number of hydrogen-bond acceptors (Lipinski definition) is 4. The van der Waals surface area contributed by atoms with Gasteiger partial charge in [-0.15, -0.1) is 0 Å². The summed E-state index contributed by atoms with van der Waals surface area (Å²) in [7, 11) is 0. The highest BCUT2D eigenvalue weighted by atomic mass is 16.5. The minimum Gasteiger partial charge on any atom is -0.492 e. The molecule has 1 aromatic carbocycles. The van der Waals surface area contributed by atoms with Crippen molar-refractivity contribution in [2.75, 3.05) is 32.8 Å². The van der Waals surface area contributed by atoms with Gasteiger partial charge in [-0.3, -0.25) is 9.69 Å². The first kappa shape index (κ1) is 14.8. The summed E-state index contributed by atoms with van der Waals surface area (Å²) in [5, 5.41) is 12.0. The number of ether oxygens (including phenoxy) is 1. The van der Waals surface area contributed by atoms with Gasteiger partial charge < -0.3 is 15.2 Å². The smallest absolute Gasteiger partial charge is 0.234 e. The van der Waals surface area contributed by atoms with Crippen LogP contribution in [0.25, 0.3) is 0 Å². The monoisotopic (exact) mass is 278 g/mol. The number of hydrogen-bond donors (Lipinski definition) is 2. The summed E-state index contributed by atoms with van der Waals surface area (Å²) in [4.78, 5) is 13.8. The van der Waals surface area contributed by atoms with Crippen molar-refractivity contribution in [2.24, 2.45) is 0 Å². The van der Waals surface area contributed by atoms with Crippen LogP contribution in [0.2, 0.25) is 0 Å². The lowest BCUT2D eigenvalue weighted by Crippen LogP contribution is -2.42. The number of carbonyl (C=O) groups is 1. The van der Waals surface area contributed by atoms with Gasteiger partial charge in [0.05, 0.1) is 19.7 Å². The van der Waals surface area contributed by atoms with Gasteiger partial charge in [0.1, 0.15) is 12.4 Å². The second kappa shape index (κ2) is 7.87. The Morgan fingerprint density at radius 2 is 2.20 bits per heavy atom. The Morgan fingerprint density at radius 3 is 2.95 bits per heavy atom. The molecule has 0 aliphatic carbocycles.